The minimum Gasteiger partial charge on any atom is -0.392 e. The fourth-order valence-corrected chi connectivity index (χ4v) is 1.81. The van der Waals surface area contributed by atoms with Crippen LogP contribution in [0.15, 0.2) is 0 Å². The van der Waals surface area contributed by atoms with Crippen molar-refractivity contribution >= 4 is 10.0 Å². The van der Waals surface area contributed by atoms with E-state index in [0.717, 1.165) is 0 Å². The van der Waals surface area contributed by atoms with Crippen molar-refractivity contribution in [1.82, 2.24) is 10.0 Å². The normalized spacial score (nSPS) is 14.1. The number of ether oxygens (including phenoxy) is 1. The number of rotatable bonds is 9. The summed E-state index contributed by atoms with van der Waals surface area (Å²) in [4.78, 5) is 0. The average Bonchev–Trinajstić information content (AvgIpc) is 2.14. The Morgan fingerprint density at radius 1 is 1.40 bits per heavy atom. The van der Waals surface area contributed by atoms with Crippen LogP contribution in [0.2, 0.25) is 0 Å². The largest absolute Gasteiger partial charge is 0.392 e. The van der Waals surface area contributed by atoms with Gasteiger partial charge >= 0.3 is 0 Å². The van der Waals surface area contributed by atoms with Crippen LogP contribution in [0.3, 0.4) is 0 Å². The summed E-state index contributed by atoms with van der Waals surface area (Å²) in [5.74, 6) is -0.0279. The van der Waals surface area contributed by atoms with Gasteiger partial charge in [-0.25, -0.2) is 13.1 Å². The molecule has 0 saturated heterocycles. The molecule has 0 aromatic carbocycles. The summed E-state index contributed by atoms with van der Waals surface area (Å²) in [6.07, 6.45) is -0.421. The molecule has 0 rings (SSSR count). The molecule has 0 aliphatic rings. The van der Waals surface area contributed by atoms with Crippen molar-refractivity contribution in [3.8, 4) is 0 Å². The second kappa shape index (κ2) is 8.00. The van der Waals surface area contributed by atoms with Crippen LogP contribution in [0.4, 0.5) is 0 Å². The molecule has 0 fully saturated rings. The minimum atomic E-state index is -3.22. The lowest BCUT2D eigenvalue weighted by Crippen LogP contribution is -2.36. The van der Waals surface area contributed by atoms with E-state index in [1.807, 2.05) is 0 Å². The van der Waals surface area contributed by atoms with Crippen molar-refractivity contribution in [3.63, 3.8) is 0 Å². The SMILES string of the molecule is COCCS(=O)(=O)NCCNCC(C)O. The van der Waals surface area contributed by atoms with E-state index in [1.54, 1.807) is 6.92 Å². The first-order valence-corrected chi connectivity index (χ1v) is 6.48. The van der Waals surface area contributed by atoms with Gasteiger partial charge in [0.05, 0.1) is 18.5 Å². The average molecular weight is 240 g/mol. The van der Waals surface area contributed by atoms with Crippen LogP contribution in [0.25, 0.3) is 0 Å². The summed E-state index contributed by atoms with van der Waals surface area (Å²) in [5, 5.41) is 11.8. The predicted octanol–water partition coefficient (Wildman–Crippen LogP) is -1.48. The van der Waals surface area contributed by atoms with E-state index in [2.05, 4.69) is 14.8 Å². The Morgan fingerprint density at radius 2 is 2.07 bits per heavy atom. The number of aliphatic hydroxyl groups is 1. The zero-order valence-corrected chi connectivity index (χ0v) is 10.0. The van der Waals surface area contributed by atoms with Gasteiger partial charge in [0, 0.05) is 26.7 Å². The van der Waals surface area contributed by atoms with E-state index >= 15 is 0 Å². The van der Waals surface area contributed by atoms with Crippen molar-refractivity contribution < 1.29 is 18.3 Å². The summed E-state index contributed by atoms with van der Waals surface area (Å²) in [5.41, 5.74) is 0. The van der Waals surface area contributed by atoms with Gasteiger partial charge in [-0.1, -0.05) is 0 Å². The maximum Gasteiger partial charge on any atom is 0.213 e. The molecule has 1 unspecified atom stereocenters. The Hall–Kier alpha value is -0.210. The lowest BCUT2D eigenvalue weighted by atomic mass is 10.4. The van der Waals surface area contributed by atoms with Crippen LogP contribution >= 0.6 is 0 Å². The topological polar surface area (TPSA) is 87.7 Å². The molecule has 6 nitrogen and oxygen atoms in total. The van der Waals surface area contributed by atoms with E-state index in [1.165, 1.54) is 7.11 Å². The third-order valence-corrected chi connectivity index (χ3v) is 2.97. The van der Waals surface area contributed by atoms with Gasteiger partial charge in [0.15, 0.2) is 0 Å². The van der Waals surface area contributed by atoms with Crippen LogP contribution in [0, 0.1) is 0 Å². The molecule has 7 heteroatoms. The van der Waals surface area contributed by atoms with Gasteiger partial charge in [-0.2, -0.15) is 0 Å². The number of hydrogen-bond donors (Lipinski definition) is 3. The molecule has 0 radical (unpaired) electrons. The lowest BCUT2D eigenvalue weighted by molar-refractivity contribution is 0.192. The Bertz CT molecular complexity index is 241. The van der Waals surface area contributed by atoms with Crippen LogP contribution in [-0.2, 0) is 14.8 Å². The monoisotopic (exact) mass is 240 g/mol. The highest BCUT2D eigenvalue weighted by Gasteiger charge is 2.07. The molecule has 0 bridgehead atoms. The Morgan fingerprint density at radius 3 is 2.60 bits per heavy atom. The minimum absolute atomic E-state index is 0.0279. The Labute approximate surface area is 91.1 Å². The zero-order valence-electron chi connectivity index (χ0n) is 9.19. The van der Waals surface area contributed by atoms with E-state index in [0.29, 0.717) is 19.6 Å². The van der Waals surface area contributed by atoms with Gasteiger partial charge < -0.3 is 15.2 Å². The fourth-order valence-electron chi connectivity index (χ4n) is 0.871. The maximum atomic E-state index is 11.2. The van der Waals surface area contributed by atoms with Gasteiger partial charge in [0.25, 0.3) is 0 Å². The molecule has 92 valence electrons. The quantitative estimate of drug-likeness (QED) is 0.428. The summed E-state index contributed by atoms with van der Waals surface area (Å²) in [7, 11) is -1.76. The molecule has 0 aromatic rings. The molecular formula is C8H20N2O4S. The van der Waals surface area contributed by atoms with Gasteiger partial charge in [0.1, 0.15) is 0 Å². The molecule has 1 atom stereocenters. The number of hydrogen-bond acceptors (Lipinski definition) is 5. The first kappa shape index (κ1) is 14.8. The smallest absolute Gasteiger partial charge is 0.213 e. The first-order valence-electron chi connectivity index (χ1n) is 4.83. The molecule has 0 spiro atoms. The number of aliphatic hydroxyl groups excluding tert-OH is 1. The van der Waals surface area contributed by atoms with Crippen molar-refractivity contribution in [3.05, 3.63) is 0 Å². The molecule has 3 N–H and O–H groups in total. The molecule has 0 saturated carbocycles. The standard InChI is InChI=1S/C8H20N2O4S/c1-8(11)7-9-3-4-10-15(12,13)6-5-14-2/h8-11H,3-7H2,1-2H3. The van der Waals surface area contributed by atoms with Crippen LogP contribution in [0.5, 0.6) is 0 Å². The molecule has 0 aliphatic heterocycles. The molecule has 0 heterocycles. The van der Waals surface area contributed by atoms with Gasteiger partial charge in [-0.15, -0.1) is 0 Å². The number of methoxy groups -OCH3 is 1. The molecule has 0 aromatic heterocycles. The second-order valence-electron chi connectivity index (χ2n) is 3.26. The Balaban J connectivity index is 3.49. The van der Waals surface area contributed by atoms with E-state index in [-0.39, 0.29) is 12.4 Å². The first-order chi connectivity index (χ1) is 6.98. The third kappa shape index (κ3) is 10.1. The number of sulfonamides is 1. The highest BCUT2D eigenvalue weighted by Crippen LogP contribution is 1.83. The fraction of sp³-hybridized carbons (Fsp3) is 1.00. The maximum absolute atomic E-state index is 11.2. The Kier molecular flexibility index (Phi) is 7.89. The van der Waals surface area contributed by atoms with Gasteiger partial charge in [-0.3, -0.25) is 0 Å². The lowest BCUT2D eigenvalue weighted by Gasteiger charge is -2.08. The summed E-state index contributed by atoms with van der Waals surface area (Å²) in [6, 6.07) is 0. The summed E-state index contributed by atoms with van der Waals surface area (Å²) in [6.45, 7) is 3.13. The highest BCUT2D eigenvalue weighted by atomic mass is 32.2. The van der Waals surface area contributed by atoms with Crippen molar-refractivity contribution in [1.29, 1.82) is 0 Å². The number of nitrogens with one attached hydrogen (secondary N) is 2. The van der Waals surface area contributed by atoms with Crippen molar-refractivity contribution in [2.45, 2.75) is 13.0 Å². The third-order valence-electron chi connectivity index (χ3n) is 1.62. The summed E-state index contributed by atoms with van der Waals surface area (Å²) < 4.78 is 29.5. The van der Waals surface area contributed by atoms with E-state index < -0.39 is 16.1 Å². The molecular weight excluding hydrogens is 220 g/mol. The van der Waals surface area contributed by atoms with Crippen LogP contribution < -0.4 is 10.0 Å². The van der Waals surface area contributed by atoms with E-state index in [9.17, 15) is 8.42 Å². The molecule has 0 amide bonds. The predicted molar refractivity (Wildman–Crippen MR) is 58.2 cm³/mol. The van der Waals surface area contributed by atoms with E-state index in [4.69, 9.17) is 5.11 Å². The summed E-state index contributed by atoms with van der Waals surface area (Å²) >= 11 is 0. The van der Waals surface area contributed by atoms with Crippen LogP contribution in [0.1, 0.15) is 6.92 Å². The second-order valence-corrected chi connectivity index (χ2v) is 5.19. The van der Waals surface area contributed by atoms with Crippen LogP contribution in [-0.4, -0.2) is 58.7 Å². The molecule has 0 aliphatic carbocycles. The highest BCUT2D eigenvalue weighted by molar-refractivity contribution is 7.89. The van der Waals surface area contributed by atoms with Crippen molar-refractivity contribution in [2.24, 2.45) is 0 Å². The van der Waals surface area contributed by atoms with Gasteiger partial charge in [-0.05, 0) is 6.92 Å². The molecule has 15 heavy (non-hydrogen) atoms. The van der Waals surface area contributed by atoms with Crippen molar-refractivity contribution in [2.75, 3.05) is 39.1 Å². The zero-order chi connectivity index (χ0) is 11.7. The van der Waals surface area contributed by atoms with Gasteiger partial charge in [0.2, 0.25) is 10.0 Å².